The van der Waals surface area contributed by atoms with Gasteiger partial charge in [-0.15, -0.1) is 5.10 Å². The lowest BCUT2D eigenvalue weighted by molar-refractivity contribution is 0.353. The number of fused-ring (bicyclic) bond motifs is 6. The molecule has 0 aliphatic heterocycles. The number of hydrogen-bond acceptors (Lipinski definition) is 8. The van der Waals surface area contributed by atoms with E-state index >= 15 is 0 Å². The number of ether oxygens (including phenoxy) is 3. The lowest BCUT2D eigenvalue weighted by atomic mass is 10.1. The monoisotopic (exact) mass is 703 g/mol. The molecule has 0 spiro atoms. The van der Waals surface area contributed by atoms with Crippen molar-refractivity contribution in [1.29, 1.82) is 0 Å². The molecule has 258 valence electrons. The SMILES string of the molecule is COc1c(Oc2ccc3c4ccccc4n(-c4ccccn4)c3c2)cc(-c2nccnn2)cc1Oc1ccc2c3ccccc3n(-c3ccccn3)c2c1. The van der Waals surface area contributed by atoms with Gasteiger partial charge in [-0.05, 0) is 72.8 Å². The fraction of sp³-hybridized carbons (Fsp3) is 0.0227. The third-order valence-corrected chi connectivity index (χ3v) is 9.47. The number of methoxy groups -OCH3 is 1. The van der Waals surface area contributed by atoms with Crippen molar-refractivity contribution >= 4 is 43.6 Å². The molecule has 0 saturated carbocycles. The molecule has 5 aromatic heterocycles. The molecule has 0 bridgehead atoms. The van der Waals surface area contributed by atoms with Gasteiger partial charge in [-0.3, -0.25) is 9.13 Å². The highest BCUT2D eigenvalue weighted by molar-refractivity contribution is 6.10. The molecule has 5 heterocycles. The molecule has 0 aliphatic carbocycles. The van der Waals surface area contributed by atoms with Gasteiger partial charge in [0.1, 0.15) is 23.1 Å². The van der Waals surface area contributed by atoms with Gasteiger partial charge in [-0.2, -0.15) is 5.10 Å². The Morgan fingerprint density at radius 2 is 0.981 bits per heavy atom. The maximum Gasteiger partial charge on any atom is 0.204 e. The highest BCUT2D eigenvalue weighted by Gasteiger charge is 2.21. The minimum Gasteiger partial charge on any atom is -0.490 e. The second kappa shape index (κ2) is 12.9. The minimum atomic E-state index is 0.401. The number of nitrogens with zero attached hydrogens (tertiary/aromatic N) is 7. The highest BCUT2D eigenvalue weighted by Crippen LogP contribution is 2.46. The van der Waals surface area contributed by atoms with Crippen LogP contribution in [-0.2, 0) is 0 Å². The molecule has 10 rings (SSSR count). The summed E-state index contributed by atoms with van der Waals surface area (Å²) < 4.78 is 23.7. The van der Waals surface area contributed by atoms with Gasteiger partial charge in [0.05, 0.1) is 35.4 Å². The third kappa shape index (κ3) is 5.24. The topological polar surface area (TPSA) is 102 Å². The zero-order valence-corrected chi connectivity index (χ0v) is 28.9. The average molecular weight is 704 g/mol. The first kappa shape index (κ1) is 31.2. The number of hydrogen-bond donors (Lipinski definition) is 0. The zero-order valence-electron chi connectivity index (χ0n) is 28.9. The van der Waals surface area contributed by atoms with Crippen LogP contribution in [0.1, 0.15) is 0 Å². The molecule has 10 aromatic rings. The fourth-order valence-corrected chi connectivity index (χ4v) is 7.19. The third-order valence-electron chi connectivity index (χ3n) is 9.47. The van der Waals surface area contributed by atoms with Crippen molar-refractivity contribution in [3.05, 3.63) is 158 Å². The van der Waals surface area contributed by atoms with E-state index in [1.807, 2.05) is 97.1 Å². The van der Waals surface area contributed by atoms with Crippen LogP contribution in [0.3, 0.4) is 0 Å². The van der Waals surface area contributed by atoms with E-state index in [0.717, 1.165) is 55.2 Å². The Bertz CT molecular complexity index is 2800. The van der Waals surface area contributed by atoms with Crippen LogP contribution in [0.2, 0.25) is 0 Å². The van der Waals surface area contributed by atoms with Crippen LogP contribution in [-0.4, -0.2) is 41.4 Å². The second-order valence-electron chi connectivity index (χ2n) is 12.6. The zero-order chi connectivity index (χ0) is 36.0. The van der Waals surface area contributed by atoms with Gasteiger partial charge >= 0.3 is 0 Å². The highest BCUT2D eigenvalue weighted by atomic mass is 16.5. The van der Waals surface area contributed by atoms with E-state index in [2.05, 4.69) is 70.7 Å². The fourth-order valence-electron chi connectivity index (χ4n) is 7.19. The van der Waals surface area contributed by atoms with Gasteiger partial charge in [0.25, 0.3) is 0 Å². The Labute approximate surface area is 308 Å². The summed E-state index contributed by atoms with van der Waals surface area (Å²) >= 11 is 0. The molecule has 0 saturated heterocycles. The summed E-state index contributed by atoms with van der Waals surface area (Å²) in [5.74, 6) is 4.45. The molecule has 0 N–H and O–H groups in total. The summed E-state index contributed by atoms with van der Waals surface area (Å²) in [4.78, 5) is 13.8. The number of benzene rings is 5. The van der Waals surface area contributed by atoms with E-state index in [1.165, 1.54) is 6.20 Å². The van der Waals surface area contributed by atoms with Crippen molar-refractivity contribution in [1.82, 2.24) is 34.3 Å². The van der Waals surface area contributed by atoms with Gasteiger partial charge < -0.3 is 14.2 Å². The molecule has 0 amide bonds. The predicted octanol–water partition coefficient (Wildman–Crippen LogP) is 10.1. The molecule has 54 heavy (non-hydrogen) atoms. The molecule has 0 atom stereocenters. The Hall–Kier alpha value is -7.59. The standard InChI is InChI=1S/C44H29N7O3/c1-52-43-39(53-29-16-18-33-31-10-2-4-12-35(31)50(37(33)26-29)41-14-6-8-20-45-41)24-28(44-47-22-23-48-49-44)25-40(43)54-30-17-19-34-32-11-3-5-13-36(32)51(38(34)27-30)42-15-7-9-21-46-42/h2-27H,1H3. The van der Waals surface area contributed by atoms with Crippen molar-refractivity contribution in [2.24, 2.45) is 0 Å². The van der Waals surface area contributed by atoms with Crippen molar-refractivity contribution in [2.75, 3.05) is 7.11 Å². The van der Waals surface area contributed by atoms with Crippen LogP contribution in [0.15, 0.2) is 158 Å². The number of pyridine rings is 2. The van der Waals surface area contributed by atoms with Gasteiger partial charge in [-0.25, -0.2) is 15.0 Å². The van der Waals surface area contributed by atoms with Crippen molar-refractivity contribution < 1.29 is 14.2 Å². The van der Waals surface area contributed by atoms with E-state index in [-0.39, 0.29) is 0 Å². The maximum absolute atomic E-state index is 6.70. The van der Waals surface area contributed by atoms with Crippen LogP contribution in [0, 0.1) is 0 Å². The van der Waals surface area contributed by atoms with Gasteiger partial charge in [0.15, 0.2) is 17.3 Å². The summed E-state index contributed by atoms with van der Waals surface area (Å²) in [5, 5.41) is 12.8. The Morgan fingerprint density at radius 1 is 0.463 bits per heavy atom. The number of rotatable bonds is 8. The molecule has 0 unspecified atom stereocenters. The molecule has 0 fully saturated rings. The van der Waals surface area contributed by atoms with Gasteiger partial charge in [0, 0.05) is 57.8 Å². The molecule has 0 radical (unpaired) electrons. The smallest absolute Gasteiger partial charge is 0.204 e. The van der Waals surface area contributed by atoms with E-state index < -0.39 is 0 Å². The molecule has 10 heteroatoms. The normalized spacial score (nSPS) is 11.4. The lowest BCUT2D eigenvalue weighted by Crippen LogP contribution is -1.99. The average Bonchev–Trinajstić information content (AvgIpc) is 3.74. The van der Waals surface area contributed by atoms with Crippen LogP contribution in [0.25, 0.3) is 66.6 Å². The summed E-state index contributed by atoms with van der Waals surface area (Å²) in [6.45, 7) is 0. The number of aromatic nitrogens is 7. The van der Waals surface area contributed by atoms with Crippen LogP contribution in [0.5, 0.6) is 28.7 Å². The molecular weight excluding hydrogens is 675 g/mol. The maximum atomic E-state index is 6.70. The van der Waals surface area contributed by atoms with Crippen molar-refractivity contribution in [2.45, 2.75) is 0 Å². The summed E-state index contributed by atoms with van der Waals surface area (Å²) in [6, 6.07) is 44.1. The largest absolute Gasteiger partial charge is 0.490 e. The Balaban J connectivity index is 1.11. The van der Waals surface area contributed by atoms with Crippen LogP contribution < -0.4 is 14.2 Å². The second-order valence-corrected chi connectivity index (χ2v) is 12.6. The molecule has 0 aliphatic rings. The number of para-hydroxylation sites is 2. The summed E-state index contributed by atoms with van der Waals surface area (Å²) in [6.07, 6.45) is 6.73. The van der Waals surface area contributed by atoms with Crippen molar-refractivity contribution in [3.8, 4) is 51.8 Å². The van der Waals surface area contributed by atoms with E-state index in [0.29, 0.717) is 40.1 Å². The Kier molecular flexibility index (Phi) is 7.43. The minimum absolute atomic E-state index is 0.401. The summed E-state index contributed by atoms with van der Waals surface area (Å²) in [7, 11) is 1.60. The first-order chi connectivity index (χ1) is 26.7. The van der Waals surface area contributed by atoms with Crippen LogP contribution in [0.4, 0.5) is 0 Å². The van der Waals surface area contributed by atoms with Crippen LogP contribution >= 0.6 is 0 Å². The quantitative estimate of drug-likeness (QED) is 0.154. The molecule has 5 aromatic carbocycles. The van der Waals surface area contributed by atoms with Crippen molar-refractivity contribution in [3.63, 3.8) is 0 Å². The first-order valence-electron chi connectivity index (χ1n) is 17.3. The van der Waals surface area contributed by atoms with E-state index in [1.54, 1.807) is 25.7 Å². The van der Waals surface area contributed by atoms with E-state index in [9.17, 15) is 0 Å². The lowest BCUT2D eigenvalue weighted by Gasteiger charge is -2.17. The first-order valence-corrected chi connectivity index (χ1v) is 17.3. The van der Waals surface area contributed by atoms with Gasteiger partial charge in [0.2, 0.25) is 5.75 Å². The summed E-state index contributed by atoms with van der Waals surface area (Å²) in [5.41, 5.74) is 4.64. The Morgan fingerprint density at radius 3 is 1.46 bits per heavy atom. The molecular formula is C44H29N7O3. The molecule has 10 nitrogen and oxygen atoms in total. The van der Waals surface area contributed by atoms with E-state index in [4.69, 9.17) is 14.2 Å². The predicted molar refractivity (Wildman–Crippen MR) is 209 cm³/mol. The van der Waals surface area contributed by atoms with Gasteiger partial charge in [-0.1, -0.05) is 48.5 Å².